The van der Waals surface area contributed by atoms with Crippen molar-refractivity contribution in [3.63, 3.8) is 0 Å². The minimum absolute atomic E-state index is 0.121. The number of phenols is 1. The van der Waals surface area contributed by atoms with E-state index in [0.29, 0.717) is 41.4 Å². The first-order valence-electron chi connectivity index (χ1n) is 11.5. The van der Waals surface area contributed by atoms with Crippen LogP contribution in [0.2, 0.25) is 0 Å². The van der Waals surface area contributed by atoms with E-state index in [1.165, 1.54) is 12.1 Å². The predicted octanol–water partition coefficient (Wildman–Crippen LogP) is 4.84. The van der Waals surface area contributed by atoms with Crippen LogP contribution < -0.4 is 10.6 Å². The van der Waals surface area contributed by atoms with Gasteiger partial charge in [-0.05, 0) is 61.7 Å². The molecule has 0 aliphatic carbocycles. The van der Waals surface area contributed by atoms with Gasteiger partial charge in [0.05, 0.1) is 11.9 Å². The number of hydrogen-bond donors (Lipinski definition) is 3. The van der Waals surface area contributed by atoms with Gasteiger partial charge in [0.1, 0.15) is 0 Å². The lowest BCUT2D eigenvalue weighted by molar-refractivity contribution is 0.0941. The van der Waals surface area contributed by atoms with Crippen LogP contribution in [-0.4, -0.2) is 45.1 Å². The van der Waals surface area contributed by atoms with Gasteiger partial charge in [-0.1, -0.05) is 6.92 Å². The molecule has 0 spiro atoms. The zero-order valence-corrected chi connectivity index (χ0v) is 19.7. The number of aromatic nitrogens is 3. The second-order valence-corrected chi connectivity index (χ2v) is 8.16. The molecule has 0 unspecified atom stereocenters. The zero-order chi connectivity index (χ0) is 24.8. The van der Waals surface area contributed by atoms with Crippen LogP contribution in [-0.2, 0) is 4.74 Å². The summed E-state index contributed by atoms with van der Waals surface area (Å²) in [6.07, 6.45) is 6.73. The Morgan fingerprint density at radius 2 is 2.03 bits per heavy atom. The third kappa shape index (κ3) is 5.58. The van der Waals surface area contributed by atoms with E-state index in [0.717, 1.165) is 30.7 Å². The highest BCUT2D eigenvalue weighted by Gasteiger charge is 2.14. The Bertz CT molecular complexity index is 1340. The number of anilines is 2. The van der Waals surface area contributed by atoms with Crippen molar-refractivity contribution in [2.45, 2.75) is 26.7 Å². The number of nitrogens with one attached hydrogen (secondary N) is 2. The Balaban J connectivity index is 1.47. The number of rotatable bonds is 10. The van der Waals surface area contributed by atoms with Gasteiger partial charge in [-0.2, -0.15) is 0 Å². The Kier molecular flexibility index (Phi) is 7.57. The van der Waals surface area contributed by atoms with Crippen LogP contribution in [0.15, 0.2) is 55.0 Å². The fraction of sp³-hybridized carbons (Fsp3) is 0.269. The van der Waals surface area contributed by atoms with Gasteiger partial charge in [-0.25, -0.2) is 14.4 Å². The van der Waals surface area contributed by atoms with Gasteiger partial charge in [-0.15, -0.1) is 0 Å². The molecule has 0 saturated heterocycles. The van der Waals surface area contributed by atoms with Gasteiger partial charge >= 0.3 is 0 Å². The molecule has 2 aromatic heterocycles. The molecule has 0 fully saturated rings. The molecule has 4 aromatic rings. The second kappa shape index (κ2) is 11.0. The summed E-state index contributed by atoms with van der Waals surface area (Å²) >= 11 is 0. The quantitative estimate of drug-likeness (QED) is 0.283. The molecule has 0 aliphatic heterocycles. The van der Waals surface area contributed by atoms with Crippen molar-refractivity contribution in [1.82, 2.24) is 19.7 Å². The number of nitrogens with zero attached hydrogens (tertiary/aromatic N) is 3. The molecule has 2 heterocycles. The number of halogens is 1. The van der Waals surface area contributed by atoms with E-state index >= 15 is 0 Å². The molecule has 0 atom stereocenters. The number of phenolic OH excluding ortho intramolecular Hbond substituents is 1. The highest BCUT2D eigenvalue weighted by molar-refractivity contribution is 5.96. The maximum atomic E-state index is 13.9. The largest absolute Gasteiger partial charge is 0.505 e. The molecule has 2 aromatic carbocycles. The molecule has 3 N–H and O–H groups in total. The van der Waals surface area contributed by atoms with Gasteiger partial charge in [0.25, 0.3) is 5.91 Å². The molecule has 35 heavy (non-hydrogen) atoms. The first-order valence-corrected chi connectivity index (χ1v) is 11.5. The molecule has 8 nitrogen and oxygen atoms in total. The monoisotopic (exact) mass is 477 g/mol. The average molecular weight is 478 g/mol. The van der Waals surface area contributed by atoms with E-state index in [1.54, 1.807) is 35.1 Å². The van der Waals surface area contributed by atoms with Crippen molar-refractivity contribution in [2.75, 3.05) is 25.1 Å². The zero-order valence-electron chi connectivity index (χ0n) is 19.7. The Morgan fingerprint density at radius 1 is 1.17 bits per heavy atom. The van der Waals surface area contributed by atoms with Crippen LogP contribution >= 0.6 is 0 Å². The minimum Gasteiger partial charge on any atom is -0.505 e. The predicted molar refractivity (Wildman–Crippen MR) is 133 cm³/mol. The van der Waals surface area contributed by atoms with Gasteiger partial charge in [0.2, 0.25) is 0 Å². The van der Waals surface area contributed by atoms with Crippen LogP contribution in [0.3, 0.4) is 0 Å². The summed E-state index contributed by atoms with van der Waals surface area (Å²) in [5, 5.41) is 15.7. The number of hydrogen-bond acceptors (Lipinski definition) is 6. The van der Waals surface area contributed by atoms with Crippen molar-refractivity contribution in [3.05, 3.63) is 71.9 Å². The van der Waals surface area contributed by atoms with E-state index in [1.807, 2.05) is 19.1 Å². The fourth-order valence-electron chi connectivity index (χ4n) is 3.74. The lowest BCUT2D eigenvalue weighted by Gasteiger charge is -2.12. The lowest BCUT2D eigenvalue weighted by Crippen LogP contribution is -2.26. The molecule has 0 saturated carbocycles. The molecule has 1 amide bonds. The van der Waals surface area contributed by atoms with E-state index in [-0.39, 0.29) is 5.91 Å². The first-order chi connectivity index (χ1) is 17.0. The first kappa shape index (κ1) is 24.2. The SMILES string of the molecule is CCCOCCCNC(=O)c1ccc(Nc2nccn3c(-c4ccc(O)c(F)c4)cnc23)cc1C. The summed E-state index contributed by atoms with van der Waals surface area (Å²) in [5.74, 6) is -0.708. The summed E-state index contributed by atoms with van der Waals surface area (Å²) in [5.41, 5.74) is 3.98. The van der Waals surface area contributed by atoms with E-state index in [2.05, 4.69) is 27.5 Å². The van der Waals surface area contributed by atoms with Crippen molar-refractivity contribution in [2.24, 2.45) is 0 Å². The molecular weight excluding hydrogens is 449 g/mol. The smallest absolute Gasteiger partial charge is 0.251 e. The highest BCUT2D eigenvalue weighted by atomic mass is 19.1. The van der Waals surface area contributed by atoms with Crippen LogP contribution in [0.4, 0.5) is 15.9 Å². The lowest BCUT2D eigenvalue weighted by atomic mass is 10.1. The molecule has 0 radical (unpaired) electrons. The van der Waals surface area contributed by atoms with Crippen LogP contribution in [0.5, 0.6) is 5.75 Å². The van der Waals surface area contributed by atoms with Crippen LogP contribution in [0.25, 0.3) is 16.9 Å². The highest BCUT2D eigenvalue weighted by Crippen LogP contribution is 2.28. The topological polar surface area (TPSA) is 101 Å². The van der Waals surface area contributed by atoms with E-state index in [4.69, 9.17) is 4.74 Å². The van der Waals surface area contributed by atoms with E-state index < -0.39 is 11.6 Å². The molecular formula is C26H28FN5O3. The van der Waals surface area contributed by atoms with Crippen molar-refractivity contribution >= 4 is 23.1 Å². The fourth-order valence-corrected chi connectivity index (χ4v) is 3.74. The van der Waals surface area contributed by atoms with Crippen LogP contribution in [0.1, 0.15) is 35.7 Å². The average Bonchev–Trinajstić information content (AvgIpc) is 3.28. The number of imidazole rings is 1. The van der Waals surface area contributed by atoms with Gasteiger partial charge in [0, 0.05) is 49.0 Å². The minimum atomic E-state index is -0.700. The second-order valence-electron chi connectivity index (χ2n) is 8.16. The number of aryl methyl sites for hydroxylation is 1. The number of benzene rings is 2. The molecule has 182 valence electrons. The molecule has 0 aliphatic rings. The van der Waals surface area contributed by atoms with Crippen molar-refractivity contribution in [1.29, 1.82) is 0 Å². The van der Waals surface area contributed by atoms with Gasteiger partial charge in [0.15, 0.2) is 23.0 Å². The van der Waals surface area contributed by atoms with E-state index in [9.17, 15) is 14.3 Å². The third-order valence-corrected chi connectivity index (χ3v) is 5.50. The molecule has 9 heteroatoms. The summed E-state index contributed by atoms with van der Waals surface area (Å²) in [6, 6.07) is 9.67. The Labute approximate surface area is 202 Å². The number of amides is 1. The summed E-state index contributed by atoms with van der Waals surface area (Å²) in [7, 11) is 0. The number of fused-ring (bicyclic) bond motifs is 1. The summed E-state index contributed by atoms with van der Waals surface area (Å²) in [6.45, 7) is 5.86. The number of aromatic hydroxyl groups is 1. The third-order valence-electron chi connectivity index (χ3n) is 5.50. The number of carbonyl (C=O) groups excluding carboxylic acids is 1. The maximum Gasteiger partial charge on any atom is 0.251 e. The number of carbonyl (C=O) groups is 1. The summed E-state index contributed by atoms with van der Waals surface area (Å²) < 4.78 is 21.1. The normalized spacial score (nSPS) is 11.1. The van der Waals surface area contributed by atoms with Crippen molar-refractivity contribution < 1.29 is 19.0 Å². The molecule has 0 bridgehead atoms. The van der Waals surface area contributed by atoms with Crippen LogP contribution in [0, 0.1) is 12.7 Å². The standard InChI is InChI=1S/C26H28FN5O3/c1-3-12-35-13-4-9-29-26(34)20-7-6-19(14-17(20)2)31-24-25-30-16-22(32(25)11-10-28-24)18-5-8-23(33)21(27)15-18/h5-8,10-11,14-16,33H,3-4,9,12-13H2,1-2H3,(H,28,31)(H,29,34). The molecule has 4 rings (SSSR count). The Hall–Kier alpha value is -3.98. The van der Waals surface area contributed by atoms with Gasteiger partial charge < -0.3 is 20.5 Å². The maximum absolute atomic E-state index is 13.9. The Morgan fingerprint density at radius 3 is 2.80 bits per heavy atom. The number of ether oxygens (including phenoxy) is 1. The van der Waals surface area contributed by atoms with Crippen molar-refractivity contribution in [3.8, 4) is 17.0 Å². The van der Waals surface area contributed by atoms with Gasteiger partial charge in [-0.3, -0.25) is 9.20 Å². The summed E-state index contributed by atoms with van der Waals surface area (Å²) in [4.78, 5) is 21.4.